The van der Waals surface area contributed by atoms with Crippen molar-refractivity contribution in [3.8, 4) is 0 Å². The summed E-state index contributed by atoms with van der Waals surface area (Å²) in [7, 11) is 4.24. The molecule has 0 atom stereocenters. The fraction of sp³-hybridized carbons (Fsp3) is 0.500. The van der Waals surface area contributed by atoms with Gasteiger partial charge in [0.25, 0.3) is 0 Å². The van der Waals surface area contributed by atoms with E-state index in [1.54, 1.807) is 0 Å². The highest BCUT2D eigenvalue weighted by atomic mass is 32.2. The van der Waals surface area contributed by atoms with Gasteiger partial charge in [0.05, 0.1) is 0 Å². The zero-order chi connectivity index (χ0) is 10.4. The molecule has 2 heteroatoms. The third-order valence-electron chi connectivity index (χ3n) is 2.20. The van der Waals surface area contributed by atoms with Crippen molar-refractivity contribution in [1.29, 1.82) is 0 Å². The van der Waals surface area contributed by atoms with Crippen LogP contribution >= 0.6 is 11.8 Å². The van der Waals surface area contributed by atoms with Crippen molar-refractivity contribution in [2.75, 3.05) is 26.4 Å². The molecule has 78 valence electrons. The zero-order valence-electron chi connectivity index (χ0n) is 9.29. The molecule has 1 rings (SSSR count). The molecule has 0 unspecified atom stereocenters. The molecule has 0 radical (unpaired) electrons. The highest BCUT2D eigenvalue weighted by Crippen LogP contribution is 2.15. The van der Waals surface area contributed by atoms with Crippen LogP contribution in [-0.4, -0.2) is 31.3 Å². The van der Waals surface area contributed by atoms with E-state index in [9.17, 15) is 0 Å². The van der Waals surface area contributed by atoms with E-state index in [0.29, 0.717) is 0 Å². The van der Waals surface area contributed by atoms with Gasteiger partial charge in [-0.1, -0.05) is 24.3 Å². The van der Waals surface area contributed by atoms with E-state index in [1.807, 2.05) is 11.8 Å². The molecule has 0 spiro atoms. The molecule has 0 aliphatic carbocycles. The summed E-state index contributed by atoms with van der Waals surface area (Å²) in [6, 6.07) is 8.62. The third-order valence-corrected chi connectivity index (χ3v) is 3.19. The van der Waals surface area contributed by atoms with Gasteiger partial charge in [-0.25, -0.2) is 0 Å². The average molecular weight is 209 g/mol. The maximum absolute atomic E-state index is 2.23. The molecular formula is C12H19NS. The first-order valence-electron chi connectivity index (χ1n) is 4.97. The van der Waals surface area contributed by atoms with Gasteiger partial charge in [-0.05, 0) is 32.1 Å². The quantitative estimate of drug-likeness (QED) is 0.686. The Balaban J connectivity index is 2.28. The Bertz CT molecular complexity index is 271. The monoisotopic (exact) mass is 209 g/mol. The predicted octanol–water partition coefficient (Wildman–Crippen LogP) is 2.79. The molecule has 0 saturated heterocycles. The fourth-order valence-electron chi connectivity index (χ4n) is 1.20. The zero-order valence-corrected chi connectivity index (χ0v) is 10.1. The van der Waals surface area contributed by atoms with Crippen LogP contribution in [0.5, 0.6) is 0 Å². The number of hydrogen-bond acceptors (Lipinski definition) is 2. The van der Waals surface area contributed by atoms with Crippen LogP contribution < -0.4 is 0 Å². The number of rotatable bonds is 5. The Morgan fingerprint density at radius 3 is 2.57 bits per heavy atom. The summed E-state index contributed by atoms with van der Waals surface area (Å²) >= 11 is 2.01. The smallest absolute Gasteiger partial charge is 0.0187 e. The summed E-state index contributed by atoms with van der Waals surface area (Å²) in [6.45, 7) is 3.35. The Kier molecular flexibility index (Phi) is 5.05. The Hall–Kier alpha value is -0.470. The van der Waals surface area contributed by atoms with Gasteiger partial charge in [0.15, 0.2) is 0 Å². The average Bonchev–Trinajstić information content (AvgIpc) is 2.15. The van der Waals surface area contributed by atoms with Crippen LogP contribution in [0.15, 0.2) is 24.3 Å². The van der Waals surface area contributed by atoms with E-state index >= 15 is 0 Å². The summed E-state index contributed by atoms with van der Waals surface area (Å²) in [5.41, 5.74) is 2.88. The van der Waals surface area contributed by atoms with E-state index in [2.05, 4.69) is 50.2 Å². The third kappa shape index (κ3) is 4.16. The minimum atomic E-state index is 1.14. The standard InChI is InChI=1S/C12H19NS/c1-11-6-4-5-7-12(11)10-14-9-8-13(2)3/h4-7H,8-10H2,1-3H3. The lowest BCUT2D eigenvalue weighted by Crippen LogP contribution is -2.14. The molecule has 0 N–H and O–H groups in total. The van der Waals surface area contributed by atoms with Crippen molar-refractivity contribution in [3.05, 3.63) is 35.4 Å². The first-order chi connectivity index (χ1) is 6.70. The van der Waals surface area contributed by atoms with Gasteiger partial charge in [0.2, 0.25) is 0 Å². The molecular weight excluding hydrogens is 190 g/mol. The van der Waals surface area contributed by atoms with Crippen molar-refractivity contribution in [3.63, 3.8) is 0 Å². The highest BCUT2D eigenvalue weighted by molar-refractivity contribution is 7.98. The van der Waals surface area contributed by atoms with Gasteiger partial charge in [0, 0.05) is 18.1 Å². The largest absolute Gasteiger partial charge is 0.309 e. The maximum Gasteiger partial charge on any atom is 0.0187 e. The number of aryl methyl sites for hydroxylation is 1. The SMILES string of the molecule is Cc1ccccc1CSCCN(C)C. The van der Waals surface area contributed by atoms with Gasteiger partial charge in [-0.15, -0.1) is 0 Å². The van der Waals surface area contributed by atoms with Crippen LogP contribution in [0, 0.1) is 6.92 Å². The molecule has 0 aromatic heterocycles. The fourth-order valence-corrected chi connectivity index (χ4v) is 2.38. The maximum atomic E-state index is 2.23. The molecule has 14 heavy (non-hydrogen) atoms. The van der Waals surface area contributed by atoms with Crippen molar-refractivity contribution < 1.29 is 0 Å². The Morgan fingerprint density at radius 2 is 1.93 bits per heavy atom. The summed E-state index contributed by atoms with van der Waals surface area (Å²) in [5, 5.41) is 0. The summed E-state index contributed by atoms with van der Waals surface area (Å²) < 4.78 is 0. The highest BCUT2D eigenvalue weighted by Gasteiger charge is 1.97. The minimum absolute atomic E-state index is 1.14. The second kappa shape index (κ2) is 6.10. The molecule has 0 saturated carbocycles. The van der Waals surface area contributed by atoms with Gasteiger partial charge in [-0.2, -0.15) is 11.8 Å². The van der Waals surface area contributed by atoms with Gasteiger partial charge < -0.3 is 4.90 Å². The summed E-state index contributed by atoms with van der Waals surface area (Å²) in [5.74, 6) is 2.35. The van der Waals surface area contributed by atoms with Gasteiger partial charge >= 0.3 is 0 Å². The van der Waals surface area contributed by atoms with Crippen molar-refractivity contribution in [1.82, 2.24) is 4.90 Å². The number of nitrogens with zero attached hydrogens (tertiary/aromatic N) is 1. The molecule has 0 amide bonds. The van der Waals surface area contributed by atoms with Crippen LogP contribution in [0.2, 0.25) is 0 Å². The van der Waals surface area contributed by atoms with E-state index in [0.717, 1.165) is 12.3 Å². The predicted molar refractivity (Wildman–Crippen MR) is 65.9 cm³/mol. The van der Waals surface area contributed by atoms with Crippen LogP contribution in [0.25, 0.3) is 0 Å². The van der Waals surface area contributed by atoms with Gasteiger partial charge in [-0.3, -0.25) is 0 Å². The molecule has 0 aliphatic rings. The summed E-state index contributed by atoms with van der Waals surface area (Å²) in [6.07, 6.45) is 0. The second-order valence-electron chi connectivity index (χ2n) is 3.78. The Labute approximate surface area is 91.5 Å². The van der Waals surface area contributed by atoms with Gasteiger partial charge in [0.1, 0.15) is 0 Å². The molecule has 1 nitrogen and oxygen atoms in total. The summed E-state index contributed by atoms with van der Waals surface area (Å²) in [4.78, 5) is 2.23. The molecule has 1 aromatic carbocycles. The van der Waals surface area contributed by atoms with E-state index in [4.69, 9.17) is 0 Å². The number of benzene rings is 1. The Morgan fingerprint density at radius 1 is 1.21 bits per heavy atom. The lowest BCUT2D eigenvalue weighted by atomic mass is 10.1. The normalized spacial score (nSPS) is 10.9. The van der Waals surface area contributed by atoms with Crippen LogP contribution in [0.3, 0.4) is 0 Å². The molecule has 0 aliphatic heterocycles. The lowest BCUT2D eigenvalue weighted by Gasteiger charge is -2.09. The van der Waals surface area contributed by atoms with E-state index < -0.39 is 0 Å². The lowest BCUT2D eigenvalue weighted by molar-refractivity contribution is 0.437. The first-order valence-corrected chi connectivity index (χ1v) is 6.12. The molecule has 0 fully saturated rings. The number of thioether (sulfide) groups is 1. The second-order valence-corrected chi connectivity index (χ2v) is 4.89. The minimum Gasteiger partial charge on any atom is -0.309 e. The van der Waals surface area contributed by atoms with Crippen molar-refractivity contribution in [2.45, 2.75) is 12.7 Å². The molecule has 0 heterocycles. The van der Waals surface area contributed by atoms with Crippen LogP contribution in [-0.2, 0) is 5.75 Å². The van der Waals surface area contributed by atoms with Crippen LogP contribution in [0.4, 0.5) is 0 Å². The first kappa shape index (κ1) is 11.6. The van der Waals surface area contributed by atoms with Crippen LogP contribution in [0.1, 0.15) is 11.1 Å². The van der Waals surface area contributed by atoms with E-state index in [1.165, 1.54) is 16.9 Å². The molecule has 0 bridgehead atoms. The van der Waals surface area contributed by atoms with Crippen molar-refractivity contribution >= 4 is 11.8 Å². The van der Waals surface area contributed by atoms with Crippen molar-refractivity contribution in [2.24, 2.45) is 0 Å². The van der Waals surface area contributed by atoms with E-state index in [-0.39, 0.29) is 0 Å². The molecule has 1 aromatic rings. The topological polar surface area (TPSA) is 3.24 Å². The number of hydrogen-bond donors (Lipinski definition) is 0.